The van der Waals surface area contributed by atoms with Crippen LogP contribution in [0.3, 0.4) is 0 Å². The lowest BCUT2D eigenvalue weighted by atomic mass is 9.67. The SMILES string of the molecule is CCn1ncnc1CC1(O)CCC2(CCCC2)CC1. The zero-order valence-electron chi connectivity index (χ0n) is 11.9. The molecule has 1 aromatic heterocycles. The molecule has 0 unspecified atom stereocenters. The van der Waals surface area contributed by atoms with Crippen molar-refractivity contribution >= 4 is 0 Å². The average molecular weight is 263 g/mol. The number of nitrogens with zero attached hydrogens (tertiary/aromatic N) is 3. The van der Waals surface area contributed by atoms with E-state index in [1.54, 1.807) is 6.33 Å². The highest BCUT2D eigenvalue weighted by molar-refractivity contribution is 5.00. The molecule has 2 aliphatic rings. The van der Waals surface area contributed by atoms with E-state index in [9.17, 15) is 5.11 Å². The minimum Gasteiger partial charge on any atom is -0.389 e. The van der Waals surface area contributed by atoms with Gasteiger partial charge >= 0.3 is 0 Å². The van der Waals surface area contributed by atoms with Gasteiger partial charge in [0.05, 0.1) is 5.60 Å². The lowest BCUT2D eigenvalue weighted by Gasteiger charge is -2.42. The van der Waals surface area contributed by atoms with Gasteiger partial charge in [-0.25, -0.2) is 4.98 Å². The number of aryl methyl sites for hydroxylation is 1. The Labute approximate surface area is 115 Å². The van der Waals surface area contributed by atoms with Crippen LogP contribution in [0.15, 0.2) is 6.33 Å². The fourth-order valence-corrected chi connectivity index (χ4v) is 4.03. The molecule has 106 valence electrons. The predicted octanol–water partition coefficient (Wildman–Crippen LogP) is 2.71. The van der Waals surface area contributed by atoms with Gasteiger partial charge in [0.25, 0.3) is 0 Å². The second kappa shape index (κ2) is 4.89. The van der Waals surface area contributed by atoms with Crippen molar-refractivity contribution in [2.45, 2.75) is 76.9 Å². The second-order valence-corrected chi connectivity index (χ2v) is 6.60. The van der Waals surface area contributed by atoms with Crippen LogP contribution in [0.2, 0.25) is 0 Å². The van der Waals surface area contributed by atoms with Crippen molar-refractivity contribution in [3.05, 3.63) is 12.2 Å². The minimum absolute atomic E-state index is 0.548. The Morgan fingerprint density at radius 2 is 1.84 bits per heavy atom. The van der Waals surface area contributed by atoms with Gasteiger partial charge in [0.2, 0.25) is 0 Å². The van der Waals surface area contributed by atoms with Crippen LogP contribution in [0, 0.1) is 5.41 Å². The molecule has 0 atom stereocenters. The van der Waals surface area contributed by atoms with E-state index in [-0.39, 0.29) is 0 Å². The molecule has 0 aromatic carbocycles. The van der Waals surface area contributed by atoms with Crippen LogP contribution in [0.25, 0.3) is 0 Å². The summed E-state index contributed by atoms with van der Waals surface area (Å²) in [5.74, 6) is 0.937. The monoisotopic (exact) mass is 263 g/mol. The number of rotatable bonds is 3. The third-order valence-corrected chi connectivity index (χ3v) is 5.39. The number of hydrogen-bond acceptors (Lipinski definition) is 3. The van der Waals surface area contributed by atoms with E-state index in [0.717, 1.165) is 25.2 Å². The summed E-state index contributed by atoms with van der Waals surface area (Å²) >= 11 is 0. The van der Waals surface area contributed by atoms with Gasteiger partial charge in [0, 0.05) is 13.0 Å². The fraction of sp³-hybridized carbons (Fsp3) is 0.867. The van der Waals surface area contributed by atoms with Gasteiger partial charge in [-0.05, 0) is 50.9 Å². The van der Waals surface area contributed by atoms with Gasteiger partial charge in [0.15, 0.2) is 0 Å². The van der Waals surface area contributed by atoms with Crippen LogP contribution in [0.5, 0.6) is 0 Å². The van der Waals surface area contributed by atoms with Gasteiger partial charge in [-0.2, -0.15) is 5.10 Å². The first-order valence-corrected chi connectivity index (χ1v) is 7.74. The van der Waals surface area contributed by atoms with Crippen LogP contribution in [0.1, 0.15) is 64.1 Å². The van der Waals surface area contributed by atoms with Crippen molar-refractivity contribution in [1.82, 2.24) is 14.8 Å². The lowest BCUT2D eigenvalue weighted by Crippen LogP contribution is -2.40. The largest absolute Gasteiger partial charge is 0.389 e. The predicted molar refractivity (Wildman–Crippen MR) is 73.7 cm³/mol. The summed E-state index contributed by atoms with van der Waals surface area (Å²) < 4.78 is 1.90. The molecular weight excluding hydrogens is 238 g/mol. The van der Waals surface area contributed by atoms with E-state index >= 15 is 0 Å². The minimum atomic E-state index is -0.548. The first-order chi connectivity index (χ1) is 9.15. The maximum Gasteiger partial charge on any atom is 0.138 e. The highest BCUT2D eigenvalue weighted by atomic mass is 16.3. The molecule has 0 amide bonds. The first-order valence-electron chi connectivity index (χ1n) is 7.74. The Bertz CT molecular complexity index is 424. The van der Waals surface area contributed by atoms with Crippen molar-refractivity contribution in [2.75, 3.05) is 0 Å². The molecule has 1 aromatic rings. The summed E-state index contributed by atoms with van der Waals surface area (Å²) in [5, 5.41) is 15.0. The smallest absolute Gasteiger partial charge is 0.138 e. The quantitative estimate of drug-likeness (QED) is 0.912. The third-order valence-electron chi connectivity index (χ3n) is 5.39. The molecule has 0 radical (unpaired) electrons. The maximum atomic E-state index is 10.8. The summed E-state index contributed by atoms with van der Waals surface area (Å²) in [6.45, 7) is 2.89. The fourth-order valence-electron chi connectivity index (χ4n) is 4.03. The Kier molecular flexibility index (Phi) is 3.37. The normalized spacial score (nSPS) is 24.9. The van der Waals surface area contributed by atoms with Gasteiger partial charge in [0.1, 0.15) is 12.2 Å². The van der Waals surface area contributed by atoms with Gasteiger partial charge < -0.3 is 5.11 Å². The standard InChI is InChI=1S/C15H25N3O/c1-2-18-13(16-12-17-18)11-15(19)9-7-14(8-10-15)5-3-4-6-14/h12,19H,2-11H2,1H3. The third kappa shape index (κ3) is 2.55. The topological polar surface area (TPSA) is 50.9 Å². The van der Waals surface area contributed by atoms with Crippen molar-refractivity contribution in [3.63, 3.8) is 0 Å². The highest BCUT2D eigenvalue weighted by Gasteiger charge is 2.43. The van der Waals surface area contributed by atoms with Crippen LogP contribution >= 0.6 is 0 Å². The Hall–Kier alpha value is -0.900. The summed E-state index contributed by atoms with van der Waals surface area (Å²) in [6, 6.07) is 0. The molecule has 4 heteroatoms. The number of aromatic nitrogens is 3. The number of hydrogen-bond donors (Lipinski definition) is 1. The van der Waals surface area contributed by atoms with Gasteiger partial charge in [-0.3, -0.25) is 4.68 Å². The van der Waals surface area contributed by atoms with Crippen molar-refractivity contribution in [3.8, 4) is 0 Å². The molecule has 19 heavy (non-hydrogen) atoms. The molecule has 0 saturated heterocycles. The van der Waals surface area contributed by atoms with Gasteiger partial charge in [-0.15, -0.1) is 0 Å². The van der Waals surface area contributed by atoms with E-state index in [0.29, 0.717) is 11.8 Å². The second-order valence-electron chi connectivity index (χ2n) is 6.60. The van der Waals surface area contributed by atoms with E-state index in [4.69, 9.17) is 0 Å². The summed E-state index contributed by atoms with van der Waals surface area (Å²) in [6.07, 6.45) is 12.1. The summed E-state index contributed by atoms with van der Waals surface area (Å²) in [4.78, 5) is 4.31. The van der Waals surface area contributed by atoms with E-state index in [2.05, 4.69) is 17.0 Å². The zero-order valence-corrected chi connectivity index (χ0v) is 11.9. The van der Waals surface area contributed by atoms with E-state index in [1.807, 2.05) is 4.68 Å². The van der Waals surface area contributed by atoms with Crippen LogP contribution < -0.4 is 0 Å². The molecular formula is C15H25N3O. The molecule has 3 rings (SSSR count). The highest BCUT2D eigenvalue weighted by Crippen LogP contribution is 2.51. The van der Waals surface area contributed by atoms with E-state index < -0.39 is 5.60 Å². The molecule has 2 fully saturated rings. The van der Waals surface area contributed by atoms with Crippen LogP contribution in [0.4, 0.5) is 0 Å². The molecule has 1 spiro atoms. The molecule has 0 aliphatic heterocycles. The Balaban J connectivity index is 1.65. The Morgan fingerprint density at radius 1 is 1.16 bits per heavy atom. The van der Waals surface area contributed by atoms with Crippen LogP contribution in [-0.4, -0.2) is 25.5 Å². The van der Waals surface area contributed by atoms with Crippen molar-refractivity contribution < 1.29 is 5.11 Å². The van der Waals surface area contributed by atoms with Crippen LogP contribution in [-0.2, 0) is 13.0 Å². The lowest BCUT2D eigenvalue weighted by molar-refractivity contribution is -0.0341. The Morgan fingerprint density at radius 3 is 2.47 bits per heavy atom. The van der Waals surface area contributed by atoms with Crippen molar-refractivity contribution in [1.29, 1.82) is 0 Å². The zero-order chi connectivity index (χ0) is 13.3. The molecule has 2 aliphatic carbocycles. The first kappa shape index (κ1) is 13.1. The van der Waals surface area contributed by atoms with Crippen molar-refractivity contribution in [2.24, 2.45) is 5.41 Å². The molecule has 1 N–H and O–H groups in total. The number of aliphatic hydroxyl groups is 1. The molecule has 1 heterocycles. The maximum absolute atomic E-state index is 10.8. The van der Waals surface area contributed by atoms with E-state index in [1.165, 1.54) is 38.5 Å². The summed E-state index contributed by atoms with van der Waals surface area (Å²) in [5.41, 5.74) is 0.0262. The average Bonchev–Trinajstić information content (AvgIpc) is 3.03. The molecule has 0 bridgehead atoms. The van der Waals surface area contributed by atoms with Gasteiger partial charge in [-0.1, -0.05) is 12.8 Å². The summed E-state index contributed by atoms with van der Waals surface area (Å²) in [7, 11) is 0. The molecule has 2 saturated carbocycles. The molecule has 4 nitrogen and oxygen atoms in total.